The van der Waals surface area contributed by atoms with Crippen molar-refractivity contribution in [1.82, 2.24) is 0 Å². The first-order valence-corrected chi connectivity index (χ1v) is 14.1. The van der Waals surface area contributed by atoms with E-state index in [0.717, 1.165) is 31.4 Å². The average molecular weight is 463 g/mol. The third kappa shape index (κ3) is 4.85. The fourth-order valence-electron chi connectivity index (χ4n) is 4.02. The third-order valence-electron chi connectivity index (χ3n) is 5.63. The van der Waals surface area contributed by atoms with E-state index >= 15 is 0 Å². The molecule has 1 heterocycles. The highest BCUT2D eigenvalue weighted by molar-refractivity contribution is 7.73. The summed E-state index contributed by atoms with van der Waals surface area (Å²) in [5, 5.41) is 2.81. The van der Waals surface area contributed by atoms with Crippen LogP contribution in [0.25, 0.3) is 0 Å². The molecular weight excluding hydrogens is 430 g/mol. The van der Waals surface area contributed by atoms with Crippen molar-refractivity contribution in [3.63, 3.8) is 0 Å². The van der Waals surface area contributed by atoms with Crippen LogP contribution in [0.4, 0.5) is 11.4 Å². The van der Waals surface area contributed by atoms with E-state index in [1.165, 1.54) is 22.0 Å². The maximum Gasteiger partial charge on any atom is 0.309 e. The molecule has 0 saturated heterocycles. The summed E-state index contributed by atoms with van der Waals surface area (Å²) in [6.07, 6.45) is 4.23. The number of nitrogens with zero attached hydrogens (tertiary/aromatic N) is 2. The van der Waals surface area contributed by atoms with Gasteiger partial charge in [0.25, 0.3) is 0 Å². The molecule has 0 bridgehead atoms. The normalized spacial score (nSPS) is 14.2. The summed E-state index contributed by atoms with van der Waals surface area (Å²) in [7, 11) is -1.34. The number of allylic oxidation sites excluding steroid dienone is 2. The topological polar surface area (TPSA) is 15.7 Å². The Kier molecular flexibility index (Phi) is 7.85. The first-order valence-electron chi connectivity index (χ1n) is 11.5. The third-order valence-corrected chi connectivity index (χ3v) is 10.2. The minimum Gasteiger partial charge on any atom is -0.441 e. The van der Waals surface area contributed by atoms with Crippen LogP contribution >= 0.6 is 16.4 Å². The second-order valence-corrected chi connectivity index (χ2v) is 11.5. The zero-order valence-corrected chi connectivity index (χ0v) is 21.0. The van der Waals surface area contributed by atoms with Gasteiger partial charge in [0.2, 0.25) is 0 Å². The van der Waals surface area contributed by atoms with Crippen LogP contribution in [-0.4, -0.2) is 19.3 Å². The fourth-order valence-corrected chi connectivity index (χ4v) is 8.25. The van der Waals surface area contributed by atoms with Crippen molar-refractivity contribution >= 4 is 38.4 Å². The Balaban J connectivity index is 1.58. The van der Waals surface area contributed by atoms with Gasteiger partial charge >= 0.3 is 8.45 Å². The van der Waals surface area contributed by atoms with Crippen molar-refractivity contribution < 1.29 is 4.52 Å². The molecule has 32 heavy (non-hydrogen) atoms. The maximum absolute atomic E-state index is 6.76. The Bertz CT molecular complexity index is 956. The fraction of sp³-hybridized carbons (Fsp3) is 0.259. The Labute approximate surface area is 195 Å². The van der Waals surface area contributed by atoms with Crippen LogP contribution in [0.3, 0.4) is 0 Å². The summed E-state index contributed by atoms with van der Waals surface area (Å²) in [5.41, 5.74) is 2.57. The van der Waals surface area contributed by atoms with Crippen LogP contribution in [0.5, 0.6) is 0 Å². The van der Waals surface area contributed by atoms with Gasteiger partial charge in [0.05, 0.1) is 11.4 Å². The Morgan fingerprint density at radius 3 is 1.66 bits per heavy atom. The molecule has 3 nitrogen and oxygen atoms in total. The van der Waals surface area contributed by atoms with Crippen molar-refractivity contribution in [3.8, 4) is 0 Å². The first kappa shape index (κ1) is 22.8. The van der Waals surface area contributed by atoms with Crippen molar-refractivity contribution in [3.05, 3.63) is 96.8 Å². The van der Waals surface area contributed by atoms with E-state index in [1.54, 1.807) is 0 Å². The number of benzene rings is 3. The minimum absolute atomic E-state index is 0.459. The van der Waals surface area contributed by atoms with Gasteiger partial charge in [-0.1, -0.05) is 79.7 Å². The van der Waals surface area contributed by atoms with Gasteiger partial charge in [0.15, 0.2) is 0 Å². The maximum atomic E-state index is 6.76. The van der Waals surface area contributed by atoms with Crippen molar-refractivity contribution in [2.45, 2.75) is 27.2 Å². The van der Waals surface area contributed by atoms with Crippen molar-refractivity contribution in [2.75, 3.05) is 28.6 Å². The molecule has 4 rings (SSSR count). The highest BCUT2D eigenvalue weighted by Crippen LogP contribution is 2.60. The van der Waals surface area contributed by atoms with E-state index in [2.05, 4.69) is 121 Å². The molecule has 3 aromatic rings. The Morgan fingerprint density at radius 2 is 1.22 bits per heavy atom. The van der Waals surface area contributed by atoms with Gasteiger partial charge in [-0.2, -0.15) is 0 Å². The van der Waals surface area contributed by atoms with Gasteiger partial charge in [-0.05, 0) is 56.7 Å². The van der Waals surface area contributed by atoms with Crippen molar-refractivity contribution in [2.24, 2.45) is 0 Å². The molecule has 3 aromatic carbocycles. The molecular formula is C27H32N2OP2. The number of fused-ring (bicyclic) bond motifs is 1. The predicted molar refractivity (Wildman–Crippen MR) is 143 cm³/mol. The number of anilines is 2. The van der Waals surface area contributed by atoms with Crippen LogP contribution in [0, 0.1) is 0 Å². The lowest BCUT2D eigenvalue weighted by molar-refractivity contribution is 0.447. The van der Waals surface area contributed by atoms with E-state index in [1.807, 2.05) is 0 Å². The summed E-state index contributed by atoms with van der Waals surface area (Å²) in [6.45, 7) is 8.51. The van der Waals surface area contributed by atoms with E-state index < -0.39 is 16.4 Å². The molecule has 0 spiro atoms. The largest absolute Gasteiger partial charge is 0.441 e. The van der Waals surface area contributed by atoms with Gasteiger partial charge in [-0.3, -0.25) is 9.34 Å². The molecule has 5 heteroatoms. The summed E-state index contributed by atoms with van der Waals surface area (Å²) in [6, 6.07) is 30.5. The zero-order chi connectivity index (χ0) is 22.3. The summed E-state index contributed by atoms with van der Waals surface area (Å²) in [4.78, 5) is 0. The van der Waals surface area contributed by atoms with Crippen LogP contribution in [0.2, 0.25) is 0 Å². The van der Waals surface area contributed by atoms with Gasteiger partial charge < -0.3 is 4.52 Å². The number of rotatable bonds is 9. The van der Waals surface area contributed by atoms with Gasteiger partial charge in [0, 0.05) is 19.5 Å². The lowest BCUT2D eigenvalue weighted by atomic mass is 10.2. The molecule has 0 fully saturated rings. The molecule has 1 aliphatic rings. The molecule has 166 valence electrons. The molecule has 0 radical (unpaired) electrons. The molecule has 1 aliphatic heterocycles. The molecule has 0 saturated carbocycles. The molecule has 0 unspecified atom stereocenters. The van der Waals surface area contributed by atoms with E-state index in [0.29, 0.717) is 0 Å². The number of para-hydroxylation sites is 2. The van der Waals surface area contributed by atoms with E-state index in [-0.39, 0.29) is 0 Å². The minimum atomic E-state index is -0.878. The lowest BCUT2D eigenvalue weighted by Crippen LogP contribution is -2.22. The van der Waals surface area contributed by atoms with Gasteiger partial charge in [-0.15, -0.1) is 0 Å². The molecule has 0 N–H and O–H groups in total. The smallest absolute Gasteiger partial charge is 0.309 e. The van der Waals surface area contributed by atoms with Crippen LogP contribution in [0.15, 0.2) is 96.8 Å². The zero-order valence-electron chi connectivity index (χ0n) is 19.2. The summed E-state index contributed by atoms with van der Waals surface area (Å²) >= 11 is 0. The quantitative estimate of drug-likeness (QED) is 0.251. The standard InChI is InChI=1S/C27H32N2OP2/c1-4-23(30-32-28(5-2)26-19-13-14-20-27(26)29(32)6-3)21-22-31(24-15-9-7-10-16-24)25-17-11-8-12-18-25/h7-21H,4-6,22H2,1-3H3/b23-21+. The van der Waals surface area contributed by atoms with E-state index in [4.69, 9.17) is 4.52 Å². The number of hydrogen-bond acceptors (Lipinski definition) is 3. The lowest BCUT2D eigenvalue weighted by Gasteiger charge is -2.30. The monoisotopic (exact) mass is 462 g/mol. The molecule has 0 atom stereocenters. The highest BCUT2D eigenvalue weighted by Gasteiger charge is 2.37. The van der Waals surface area contributed by atoms with Gasteiger partial charge in [0.1, 0.15) is 5.76 Å². The van der Waals surface area contributed by atoms with Crippen LogP contribution in [-0.2, 0) is 4.52 Å². The predicted octanol–water partition coefficient (Wildman–Crippen LogP) is 7.02. The molecule has 0 aliphatic carbocycles. The van der Waals surface area contributed by atoms with Crippen LogP contribution < -0.4 is 19.9 Å². The SMILES string of the molecule is CC/C(=C\CP(c1ccccc1)c1ccccc1)OP1N(CC)c2ccccc2N1CC. The van der Waals surface area contributed by atoms with E-state index in [9.17, 15) is 0 Å². The summed E-state index contributed by atoms with van der Waals surface area (Å²) in [5.74, 6) is 1.10. The molecule has 0 amide bonds. The number of hydrogen-bond donors (Lipinski definition) is 0. The molecule has 0 aromatic heterocycles. The second kappa shape index (κ2) is 11.0. The second-order valence-electron chi connectivity index (χ2n) is 7.57. The van der Waals surface area contributed by atoms with Gasteiger partial charge in [-0.25, -0.2) is 0 Å². The average Bonchev–Trinajstić information content (AvgIpc) is 3.16. The Morgan fingerprint density at radius 1 is 0.750 bits per heavy atom. The van der Waals surface area contributed by atoms with Crippen molar-refractivity contribution in [1.29, 1.82) is 0 Å². The summed E-state index contributed by atoms with van der Waals surface area (Å²) < 4.78 is 11.6. The Hall–Kier alpha value is -2.34. The first-order chi connectivity index (χ1) is 15.8. The highest BCUT2D eigenvalue weighted by atomic mass is 31.2. The van der Waals surface area contributed by atoms with Crippen LogP contribution in [0.1, 0.15) is 27.2 Å².